The van der Waals surface area contributed by atoms with Crippen molar-refractivity contribution < 1.29 is 5.11 Å². The molecule has 0 aliphatic carbocycles. The van der Waals surface area contributed by atoms with Gasteiger partial charge in [-0.3, -0.25) is 9.80 Å². The summed E-state index contributed by atoms with van der Waals surface area (Å²) in [5.41, 5.74) is 1.03. The summed E-state index contributed by atoms with van der Waals surface area (Å²) in [6.07, 6.45) is 0. The van der Waals surface area contributed by atoms with Crippen LogP contribution in [0.25, 0.3) is 0 Å². The van der Waals surface area contributed by atoms with Crippen LogP contribution in [-0.4, -0.2) is 47.1 Å². The zero-order valence-corrected chi connectivity index (χ0v) is 10.8. The van der Waals surface area contributed by atoms with Gasteiger partial charge in [0.1, 0.15) is 5.75 Å². The van der Waals surface area contributed by atoms with Crippen molar-refractivity contribution in [2.45, 2.75) is 26.4 Å². The van der Waals surface area contributed by atoms with Gasteiger partial charge >= 0.3 is 0 Å². The van der Waals surface area contributed by atoms with E-state index in [0.717, 1.165) is 38.3 Å². The minimum atomic E-state index is 0.415. The van der Waals surface area contributed by atoms with E-state index in [0.29, 0.717) is 11.8 Å². The van der Waals surface area contributed by atoms with Crippen molar-refractivity contribution in [2.24, 2.45) is 0 Å². The first-order chi connectivity index (χ1) is 8.20. The van der Waals surface area contributed by atoms with Crippen molar-refractivity contribution in [3.63, 3.8) is 0 Å². The van der Waals surface area contributed by atoms with Crippen LogP contribution in [-0.2, 0) is 6.54 Å². The van der Waals surface area contributed by atoms with Crippen LogP contribution in [0.1, 0.15) is 19.4 Å². The molecule has 1 aromatic carbocycles. The number of likely N-dealkylation sites (N-methyl/N-ethyl adjacent to an activating group) is 1. The molecule has 0 amide bonds. The van der Waals surface area contributed by atoms with E-state index in [1.165, 1.54) is 0 Å². The highest BCUT2D eigenvalue weighted by Crippen LogP contribution is 2.19. The molecule has 1 aliphatic heterocycles. The van der Waals surface area contributed by atoms with E-state index in [4.69, 9.17) is 0 Å². The lowest BCUT2D eigenvalue weighted by molar-refractivity contribution is 0.0829. The number of piperazine rings is 1. The lowest BCUT2D eigenvalue weighted by Gasteiger charge is -2.39. The van der Waals surface area contributed by atoms with Crippen LogP contribution in [0.5, 0.6) is 5.75 Å². The normalized spacial score (nSPS) is 22.8. The first-order valence-electron chi connectivity index (χ1n) is 6.44. The number of hydrogen-bond donors (Lipinski definition) is 1. The molecule has 0 aromatic heterocycles. The molecule has 17 heavy (non-hydrogen) atoms. The van der Waals surface area contributed by atoms with E-state index in [9.17, 15) is 5.11 Å². The highest BCUT2D eigenvalue weighted by Gasteiger charge is 2.22. The summed E-state index contributed by atoms with van der Waals surface area (Å²) in [6, 6.07) is 8.24. The third-order valence-electron chi connectivity index (χ3n) is 3.64. The number of benzene rings is 1. The molecular formula is C14H22N2O. The maximum atomic E-state index is 9.77. The fourth-order valence-corrected chi connectivity index (χ4v) is 2.57. The summed E-state index contributed by atoms with van der Waals surface area (Å²) in [5.74, 6) is 0.415. The average molecular weight is 234 g/mol. The highest BCUT2D eigenvalue weighted by molar-refractivity contribution is 5.31. The van der Waals surface area contributed by atoms with E-state index in [-0.39, 0.29) is 0 Å². The van der Waals surface area contributed by atoms with Gasteiger partial charge in [-0.2, -0.15) is 0 Å². The smallest absolute Gasteiger partial charge is 0.120 e. The lowest BCUT2D eigenvalue weighted by Crippen LogP contribution is -2.51. The van der Waals surface area contributed by atoms with E-state index in [1.54, 1.807) is 6.07 Å². The molecule has 0 radical (unpaired) electrons. The second kappa shape index (κ2) is 5.52. The molecule has 1 fully saturated rings. The van der Waals surface area contributed by atoms with Crippen molar-refractivity contribution in [3.05, 3.63) is 29.8 Å². The fourth-order valence-electron chi connectivity index (χ4n) is 2.57. The number of hydrogen-bond acceptors (Lipinski definition) is 3. The Morgan fingerprint density at radius 1 is 1.29 bits per heavy atom. The fraction of sp³-hybridized carbons (Fsp3) is 0.571. The van der Waals surface area contributed by atoms with Crippen LogP contribution in [0.4, 0.5) is 0 Å². The Kier molecular flexibility index (Phi) is 4.02. The van der Waals surface area contributed by atoms with Gasteiger partial charge in [-0.15, -0.1) is 0 Å². The summed E-state index contributed by atoms with van der Waals surface area (Å²) in [5, 5.41) is 9.77. The Hall–Kier alpha value is -1.06. The number of para-hydroxylation sites is 1. The first-order valence-corrected chi connectivity index (χ1v) is 6.44. The van der Waals surface area contributed by atoms with Crippen molar-refractivity contribution in [3.8, 4) is 5.75 Å². The monoisotopic (exact) mass is 234 g/mol. The maximum Gasteiger partial charge on any atom is 0.120 e. The minimum Gasteiger partial charge on any atom is -0.508 e. The molecule has 1 aliphatic rings. The first kappa shape index (κ1) is 12.4. The van der Waals surface area contributed by atoms with E-state index in [2.05, 4.69) is 23.6 Å². The molecule has 0 saturated carbocycles. The molecule has 1 unspecified atom stereocenters. The summed E-state index contributed by atoms with van der Waals surface area (Å²) in [7, 11) is 0. The van der Waals surface area contributed by atoms with Gasteiger partial charge in [0.2, 0.25) is 0 Å². The Bertz CT molecular complexity index is 367. The van der Waals surface area contributed by atoms with Crippen molar-refractivity contribution >= 4 is 0 Å². The SMILES string of the molecule is CCN1CCN(Cc2ccccc2O)CC1C. The Balaban J connectivity index is 1.95. The van der Waals surface area contributed by atoms with Crippen molar-refractivity contribution in [2.75, 3.05) is 26.2 Å². The van der Waals surface area contributed by atoms with Gasteiger partial charge < -0.3 is 5.11 Å². The minimum absolute atomic E-state index is 0.415. The predicted molar refractivity (Wildman–Crippen MR) is 70.1 cm³/mol. The van der Waals surface area contributed by atoms with Gasteiger partial charge in [-0.05, 0) is 19.5 Å². The second-order valence-corrected chi connectivity index (χ2v) is 4.84. The number of rotatable bonds is 3. The Morgan fingerprint density at radius 3 is 2.71 bits per heavy atom. The van der Waals surface area contributed by atoms with Gasteiger partial charge in [0.05, 0.1) is 0 Å². The molecule has 2 rings (SSSR count). The molecule has 1 atom stereocenters. The summed E-state index contributed by atoms with van der Waals surface area (Å²) < 4.78 is 0. The van der Waals surface area contributed by atoms with E-state index < -0.39 is 0 Å². The molecule has 94 valence electrons. The molecular weight excluding hydrogens is 212 g/mol. The zero-order chi connectivity index (χ0) is 12.3. The molecule has 1 saturated heterocycles. The average Bonchev–Trinajstić information content (AvgIpc) is 2.32. The largest absolute Gasteiger partial charge is 0.508 e. The van der Waals surface area contributed by atoms with Gasteiger partial charge in [0.25, 0.3) is 0 Å². The van der Waals surface area contributed by atoms with Crippen molar-refractivity contribution in [1.82, 2.24) is 9.80 Å². The number of nitrogens with zero attached hydrogens (tertiary/aromatic N) is 2. The van der Waals surface area contributed by atoms with Crippen molar-refractivity contribution in [1.29, 1.82) is 0 Å². The van der Waals surface area contributed by atoms with E-state index in [1.807, 2.05) is 18.2 Å². The summed E-state index contributed by atoms with van der Waals surface area (Å²) in [4.78, 5) is 4.92. The van der Waals surface area contributed by atoms with Crippen LogP contribution in [0, 0.1) is 0 Å². The van der Waals surface area contributed by atoms with Gasteiger partial charge in [0.15, 0.2) is 0 Å². The van der Waals surface area contributed by atoms with Crippen LogP contribution in [0.15, 0.2) is 24.3 Å². The quantitative estimate of drug-likeness (QED) is 0.865. The summed E-state index contributed by atoms with van der Waals surface area (Å²) in [6.45, 7) is 9.79. The molecule has 3 heteroatoms. The zero-order valence-electron chi connectivity index (χ0n) is 10.8. The number of phenolic OH excluding ortho intramolecular Hbond substituents is 1. The van der Waals surface area contributed by atoms with Crippen LogP contribution in [0.3, 0.4) is 0 Å². The van der Waals surface area contributed by atoms with Crippen LogP contribution < -0.4 is 0 Å². The standard InChI is InChI=1S/C14H22N2O/c1-3-16-9-8-15(10-12(16)2)11-13-6-4-5-7-14(13)17/h4-7,12,17H,3,8-11H2,1-2H3. The maximum absolute atomic E-state index is 9.77. The third kappa shape index (κ3) is 2.99. The Labute approximate surface area is 104 Å². The Morgan fingerprint density at radius 2 is 2.06 bits per heavy atom. The van der Waals surface area contributed by atoms with Gasteiger partial charge in [-0.1, -0.05) is 25.1 Å². The topological polar surface area (TPSA) is 26.7 Å². The molecule has 1 aromatic rings. The molecule has 3 nitrogen and oxygen atoms in total. The van der Waals surface area contributed by atoms with Gasteiger partial charge in [-0.25, -0.2) is 0 Å². The highest BCUT2D eigenvalue weighted by atomic mass is 16.3. The molecule has 0 bridgehead atoms. The van der Waals surface area contributed by atoms with E-state index >= 15 is 0 Å². The predicted octanol–water partition coefficient (Wildman–Crippen LogP) is 1.92. The third-order valence-corrected chi connectivity index (χ3v) is 3.64. The molecule has 1 N–H and O–H groups in total. The summed E-state index contributed by atoms with van der Waals surface area (Å²) >= 11 is 0. The van der Waals surface area contributed by atoms with Crippen LogP contribution in [0.2, 0.25) is 0 Å². The van der Waals surface area contributed by atoms with Gasteiger partial charge in [0, 0.05) is 37.8 Å². The molecule has 1 heterocycles. The molecule has 0 spiro atoms. The number of phenols is 1. The van der Waals surface area contributed by atoms with Crippen LogP contribution >= 0.6 is 0 Å². The number of aromatic hydroxyl groups is 1. The second-order valence-electron chi connectivity index (χ2n) is 4.84. The lowest BCUT2D eigenvalue weighted by atomic mass is 10.1.